The van der Waals surface area contributed by atoms with E-state index in [0.717, 1.165) is 12.0 Å². The second-order valence-corrected chi connectivity index (χ2v) is 9.40. The van der Waals surface area contributed by atoms with Gasteiger partial charge in [-0.05, 0) is 49.3 Å². The number of anilines is 1. The summed E-state index contributed by atoms with van der Waals surface area (Å²) in [5.41, 5.74) is 1.79. The van der Waals surface area contributed by atoms with Gasteiger partial charge < -0.3 is 10.1 Å². The van der Waals surface area contributed by atoms with Crippen molar-refractivity contribution in [3.63, 3.8) is 0 Å². The van der Waals surface area contributed by atoms with Crippen molar-refractivity contribution >= 4 is 50.9 Å². The van der Waals surface area contributed by atoms with E-state index in [-0.39, 0.29) is 23.8 Å². The number of esters is 1. The van der Waals surface area contributed by atoms with Crippen LogP contribution in [-0.2, 0) is 22.5 Å². The monoisotopic (exact) mass is 473 g/mol. The van der Waals surface area contributed by atoms with Crippen LogP contribution in [0.15, 0.2) is 39.6 Å². The van der Waals surface area contributed by atoms with Gasteiger partial charge in [0.25, 0.3) is 5.56 Å². The summed E-state index contributed by atoms with van der Waals surface area (Å²) in [7, 11) is 0. The molecule has 0 unspecified atom stereocenters. The molecule has 0 bridgehead atoms. The zero-order chi connectivity index (χ0) is 23.3. The van der Waals surface area contributed by atoms with Crippen molar-refractivity contribution in [2.75, 3.05) is 17.7 Å². The van der Waals surface area contributed by atoms with Crippen LogP contribution < -0.4 is 10.9 Å². The summed E-state index contributed by atoms with van der Waals surface area (Å²) in [6.45, 7) is 8.50. The highest BCUT2D eigenvalue weighted by Gasteiger charge is 2.22. The van der Waals surface area contributed by atoms with Gasteiger partial charge in [-0.25, -0.2) is 9.78 Å². The number of nitrogens with one attached hydrogen (secondary N) is 1. The van der Waals surface area contributed by atoms with Crippen LogP contribution in [0.4, 0.5) is 5.00 Å². The van der Waals surface area contributed by atoms with E-state index in [1.807, 2.05) is 18.4 Å². The highest BCUT2D eigenvalue weighted by atomic mass is 32.2. The molecule has 1 aromatic carbocycles. The molecule has 0 fully saturated rings. The van der Waals surface area contributed by atoms with Crippen LogP contribution in [0.2, 0.25) is 0 Å². The minimum absolute atomic E-state index is 0.0600. The van der Waals surface area contributed by atoms with Crippen LogP contribution in [0.5, 0.6) is 0 Å². The molecule has 1 amide bonds. The van der Waals surface area contributed by atoms with E-state index in [1.54, 1.807) is 29.7 Å². The lowest BCUT2D eigenvalue weighted by Gasteiger charge is -2.12. The lowest BCUT2D eigenvalue weighted by molar-refractivity contribution is -0.113. The zero-order valence-electron chi connectivity index (χ0n) is 18.6. The Morgan fingerprint density at radius 2 is 2.00 bits per heavy atom. The first-order valence-corrected chi connectivity index (χ1v) is 12.4. The Labute approximate surface area is 195 Å². The smallest absolute Gasteiger partial charge is 0.341 e. The molecule has 0 aliphatic carbocycles. The van der Waals surface area contributed by atoms with Gasteiger partial charge in [-0.3, -0.25) is 14.2 Å². The van der Waals surface area contributed by atoms with E-state index in [2.05, 4.69) is 24.1 Å². The van der Waals surface area contributed by atoms with Crippen molar-refractivity contribution in [1.29, 1.82) is 0 Å². The summed E-state index contributed by atoms with van der Waals surface area (Å²) in [5.74, 6) is -0.279. The van der Waals surface area contributed by atoms with Crippen LogP contribution in [0, 0.1) is 5.92 Å². The summed E-state index contributed by atoms with van der Waals surface area (Å²) in [6, 6.07) is 7.17. The van der Waals surface area contributed by atoms with Crippen LogP contribution in [-0.4, -0.2) is 33.8 Å². The van der Waals surface area contributed by atoms with E-state index >= 15 is 0 Å². The number of fused-ring (bicyclic) bond motifs is 1. The third-order valence-electron chi connectivity index (χ3n) is 4.70. The lowest BCUT2D eigenvalue weighted by Crippen LogP contribution is -2.23. The van der Waals surface area contributed by atoms with Crippen molar-refractivity contribution in [1.82, 2.24) is 9.55 Å². The number of hydrogen-bond donors (Lipinski definition) is 1. The number of carbonyl (C=O) groups is 2. The third kappa shape index (κ3) is 5.39. The number of thioether (sulfide) groups is 1. The van der Waals surface area contributed by atoms with Crippen LogP contribution in [0.1, 0.15) is 43.6 Å². The third-order valence-corrected chi connectivity index (χ3v) is 6.62. The molecule has 1 N–H and O–H groups in total. The van der Waals surface area contributed by atoms with Gasteiger partial charge in [0.2, 0.25) is 5.91 Å². The van der Waals surface area contributed by atoms with Gasteiger partial charge in [0.1, 0.15) is 5.00 Å². The molecule has 3 aromatic rings. The topological polar surface area (TPSA) is 90.3 Å². The van der Waals surface area contributed by atoms with Gasteiger partial charge in [-0.2, -0.15) is 0 Å². The zero-order valence-corrected chi connectivity index (χ0v) is 20.3. The number of thiophene rings is 1. The van der Waals surface area contributed by atoms with E-state index in [0.29, 0.717) is 39.1 Å². The molecule has 0 aliphatic rings. The Bertz CT molecular complexity index is 1180. The second kappa shape index (κ2) is 10.8. The molecule has 0 saturated heterocycles. The van der Waals surface area contributed by atoms with E-state index in [1.165, 1.54) is 23.1 Å². The Morgan fingerprint density at radius 3 is 2.69 bits per heavy atom. The molecule has 0 atom stereocenters. The standard InChI is InChI=1S/C23H27N3O4S2/c1-5-26-21(28)16-9-7-8-10-17(16)24-23(26)32-13-18(27)25-20-19(22(29)30-6-2)15(12-31-20)11-14(3)4/h7-10,12,14H,5-6,11,13H2,1-4H3,(H,25,27). The first-order chi connectivity index (χ1) is 15.3. The minimum atomic E-state index is -0.427. The van der Waals surface area contributed by atoms with Crippen molar-refractivity contribution in [3.8, 4) is 0 Å². The summed E-state index contributed by atoms with van der Waals surface area (Å²) < 4.78 is 6.77. The van der Waals surface area contributed by atoms with E-state index < -0.39 is 5.97 Å². The highest BCUT2D eigenvalue weighted by Crippen LogP contribution is 2.31. The average Bonchev–Trinajstić information content (AvgIpc) is 3.13. The molecule has 170 valence electrons. The normalized spacial score (nSPS) is 11.2. The Morgan fingerprint density at radius 1 is 1.25 bits per heavy atom. The molecule has 0 spiro atoms. The number of carbonyl (C=O) groups excluding carboxylic acids is 2. The Balaban J connectivity index is 1.79. The maximum atomic E-state index is 12.7. The summed E-state index contributed by atoms with van der Waals surface area (Å²) in [6.07, 6.45) is 0.721. The number of hydrogen-bond acceptors (Lipinski definition) is 7. The first-order valence-electron chi connectivity index (χ1n) is 10.5. The lowest BCUT2D eigenvalue weighted by atomic mass is 10.0. The number of rotatable bonds is 9. The fourth-order valence-corrected chi connectivity index (χ4v) is 5.17. The summed E-state index contributed by atoms with van der Waals surface area (Å²) in [5, 5.41) is 6.28. The maximum absolute atomic E-state index is 12.7. The number of para-hydroxylation sites is 1. The molecule has 9 heteroatoms. The van der Waals surface area contributed by atoms with Gasteiger partial charge in [0, 0.05) is 6.54 Å². The molecule has 0 aliphatic heterocycles. The number of aromatic nitrogens is 2. The van der Waals surface area contributed by atoms with Gasteiger partial charge in [-0.1, -0.05) is 37.7 Å². The highest BCUT2D eigenvalue weighted by molar-refractivity contribution is 7.99. The number of nitrogens with zero attached hydrogens (tertiary/aromatic N) is 2. The van der Waals surface area contributed by atoms with Crippen molar-refractivity contribution < 1.29 is 14.3 Å². The summed E-state index contributed by atoms with van der Waals surface area (Å²) >= 11 is 2.52. The van der Waals surface area contributed by atoms with E-state index in [4.69, 9.17) is 4.74 Å². The van der Waals surface area contributed by atoms with Crippen molar-refractivity contribution in [3.05, 3.63) is 51.1 Å². The van der Waals surface area contributed by atoms with Gasteiger partial charge in [0.15, 0.2) is 5.16 Å². The molecule has 32 heavy (non-hydrogen) atoms. The fourth-order valence-electron chi connectivity index (χ4n) is 3.33. The van der Waals surface area contributed by atoms with Crippen molar-refractivity contribution in [2.24, 2.45) is 5.92 Å². The minimum Gasteiger partial charge on any atom is -0.462 e. The Hall–Kier alpha value is -2.65. The molecular weight excluding hydrogens is 446 g/mol. The maximum Gasteiger partial charge on any atom is 0.341 e. The SMILES string of the molecule is CCOC(=O)c1c(CC(C)C)csc1NC(=O)CSc1nc2ccccc2c(=O)n1CC. The fraction of sp³-hybridized carbons (Fsp3) is 0.391. The Kier molecular flexibility index (Phi) is 8.09. The molecule has 0 saturated carbocycles. The van der Waals surface area contributed by atoms with Crippen LogP contribution in [0.25, 0.3) is 10.9 Å². The first kappa shape index (κ1) is 24.0. The second-order valence-electron chi connectivity index (χ2n) is 7.58. The number of ether oxygens (including phenoxy) is 1. The average molecular weight is 474 g/mol. The quantitative estimate of drug-likeness (QED) is 0.278. The largest absolute Gasteiger partial charge is 0.462 e. The molecule has 3 rings (SSSR count). The van der Waals surface area contributed by atoms with Gasteiger partial charge in [0.05, 0.1) is 28.8 Å². The van der Waals surface area contributed by atoms with E-state index in [9.17, 15) is 14.4 Å². The molecule has 7 nitrogen and oxygen atoms in total. The predicted molar refractivity (Wildman–Crippen MR) is 130 cm³/mol. The predicted octanol–water partition coefficient (Wildman–Crippen LogP) is 4.58. The number of amides is 1. The summed E-state index contributed by atoms with van der Waals surface area (Å²) in [4.78, 5) is 42.5. The van der Waals surface area contributed by atoms with Crippen LogP contribution in [0.3, 0.4) is 0 Å². The van der Waals surface area contributed by atoms with Crippen LogP contribution >= 0.6 is 23.1 Å². The van der Waals surface area contributed by atoms with Gasteiger partial charge >= 0.3 is 5.97 Å². The number of benzene rings is 1. The molecular formula is C23H27N3O4S2. The van der Waals surface area contributed by atoms with Crippen molar-refractivity contribution in [2.45, 2.75) is 45.8 Å². The molecule has 2 aromatic heterocycles. The molecule has 0 radical (unpaired) electrons. The molecule has 2 heterocycles. The van der Waals surface area contributed by atoms with Gasteiger partial charge in [-0.15, -0.1) is 11.3 Å².